The van der Waals surface area contributed by atoms with Gasteiger partial charge in [-0.1, -0.05) is 0 Å². The van der Waals surface area contributed by atoms with Crippen molar-refractivity contribution in [2.24, 2.45) is 0 Å². The van der Waals surface area contributed by atoms with E-state index in [0.29, 0.717) is 6.54 Å². The molecule has 1 aromatic carbocycles. The number of carboxylic acid groups (broad SMARTS) is 1. The van der Waals surface area contributed by atoms with Crippen LogP contribution in [0.1, 0.15) is 19.5 Å². The van der Waals surface area contributed by atoms with E-state index in [1.165, 1.54) is 0 Å². The van der Waals surface area contributed by atoms with Crippen molar-refractivity contribution in [3.05, 3.63) is 35.3 Å². The molecule has 0 saturated heterocycles. The van der Waals surface area contributed by atoms with Crippen LogP contribution < -0.4 is 4.74 Å². The van der Waals surface area contributed by atoms with Crippen LogP contribution in [0.3, 0.4) is 0 Å². The Morgan fingerprint density at radius 2 is 2.05 bits per heavy atom. The van der Waals surface area contributed by atoms with Crippen LogP contribution >= 0.6 is 11.3 Å². The molecule has 1 heterocycles. The minimum atomic E-state index is -0.820. The summed E-state index contributed by atoms with van der Waals surface area (Å²) >= 11 is 1.56. The number of carbonyl (C=O) groups is 1. The summed E-state index contributed by atoms with van der Waals surface area (Å²) in [5.41, 5.74) is 1.93. The average molecular weight is 320 g/mol. The molecule has 2 rings (SSSR count). The van der Waals surface area contributed by atoms with Gasteiger partial charge in [0.05, 0.1) is 19.3 Å². The van der Waals surface area contributed by atoms with E-state index in [-0.39, 0.29) is 12.6 Å². The van der Waals surface area contributed by atoms with Crippen LogP contribution in [0.25, 0.3) is 10.6 Å². The molecule has 0 aliphatic rings. The fourth-order valence-electron chi connectivity index (χ4n) is 2.05. The van der Waals surface area contributed by atoms with E-state index in [0.717, 1.165) is 22.0 Å². The molecule has 1 N–H and O–H groups in total. The molecule has 0 atom stereocenters. The molecule has 118 valence electrons. The standard InChI is InChI=1S/C16H20N2O3S/c1-11(2)18(9-15(19)20)8-13-10-22-16(17-13)12-4-6-14(21-3)7-5-12/h4-7,10-11H,8-9H2,1-3H3,(H,19,20). The maximum atomic E-state index is 10.9. The van der Waals surface area contributed by atoms with Crippen LogP contribution in [0.5, 0.6) is 5.75 Å². The molecule has 0 fully saturated rings. The normalized spacial score (nSPS) is 11.1. The van der Waals surface area contributed by atoms with E-state index in [2.05, 4.69) is 4.98 Å². The minimum Gasteiger partial charge on any atom is -0.497 e. The van der Waals surface area contributed by atoms with Gasteiger partial charge in [-0.05, 0) is 38.1 Å². The van der Waals surface area contributed by atoms with E-state index in [1.807, 2.05) is 48.4 Å². The van der Waals surface area contributed by atoms with Gasteiger partial charge >= 0.3 is 5.97 Å². The third-order valence-corrected chi connectivity index (χ3v) is 4.26. The van der Waals surface area contributed by atoms with Crippen molar-refractivity contribution in [2.75, 3.05) is 13.7 Å². The number of methoxy groups -OCH3 is 1. The van der Waals surface area contributed by atoms with E-state index < -0.39 is 5.97 Å². The molecule has 0 spiro atoms. The first-order chi connectivity index (χ1) is 10.5. The molecule has 2 aromatic rings. The number of nitrogens with zero attached hydrogens (tertiary/aromatic N) is 2. The van der Waals surface area contributed by atoms with Crippen molar-refractivity contribution in [3.63, 3.8) is 0 Å². The molecule has 0 bridgehead atoms. The fraction of sp³-hybridized carbons (Fsp3) is 0.375. The van der Waals surface area contributed by atoms with Gasteiger partial charge in [0.15, 0.2) is 0 Å². The average Bonchev–Trinajstić information content (AvgIpc) is 2.94. The topological polar surface area (TPSA) is 62.7 Å². The Kier molecular flexibility index (Phi) is 5.51. The Bertz CT molecular complexity index is 623. The Balaban J connectivity index is 2.11. The van der Waals surface area contributed by atoms with E-state index >= 15 is 0 Å². The van der Waals surface area contributed by atoms with Crippen molar-refractivity contribution in [2.45, 2.75) is 26.4 Å². The third-order valence-electron chi connectivity index (χ3n) is 3.32. The highest BCUT2D eigenvalue weighted by molar-refractivity contribution is 7.13. The molecule has 0 amide bonds. The Morgan fingerprint density at radius 1 is 1.36 bits per heavy atom. The minimum absolute atomic E-state index is 0.0209. The molecule has 6 heteroatoms. The van der Waals surface area contributed by atoms with Gasteiger partial charge < -0.3 is 9.84 Å². The highest BCUT2D eigenvalue weighted by atomic mass is 32.1. The lowest BCUT2D eigenvalue weighted by atomic mass is 10.2. The maximum absolute atomic E-state index is 10.9. The van der Waals surface area contributed by atoms with Crippen LogP contribution in [0.2, 0.25) is 0 Å². The SMILES string of the molecule is COc1ccc(-c2nc(CN(CC(=O)O)C(C)C)cs2)cc1. The van der Waals surface area contributed by atoms with Crippen molar-refractivity contribution < 1.29 is 14.6 Å². The molecule has 0 unspecified atom stereocenters. The molecule has 0 aliphatic heterocycles. The van der Waals surface area contributed by atoms with Gasteiger partial charge in [-0.3, -0.25) is 9.69 Å². The Labute approximate surface area is 134 Å². The zero-order valence-corrected chi connectivity index (χ0v) is 13.8. The molecule has 22 heavy (non-hydrogen) atoms. The van der Waals surface area contributed by atoms with Crippen molar-refractivity contribution in [1.29, 1.82) is 0 Å². The van der Waals surface area contributed by atoms with Gasteiger partial charge in [-0.2, -0.15) is 0 Å². The van der Waals surface area contributed by atoms with Gasteiger partial charge in [0.2, 0.25) is 0 Å². The highest BCUT2D eigenvalue weighted by Gasteiger charge is 2.15. The number of aliphatic carboxylic acids is 1. The third kappa shape index (κ3) is 4.29. The smallest absolute Gasteiger partial charge is 0.317 e. The quantitative estimate of drug-likeness (QED) is 0.849. The number of ether oxygens (including phenoxy) is 1. The summed E-state index contributed by atoms with van der Waals surface area (Å²) in [6.45, 7) is 4.53. The number of aromatic nitrogens is 1. The van der Waals surface area contributed by atoms with Crippen molar-refractivity contribution >= 4 is 17.3 Å². The van der Waals surface area contributed by atoms with E-state index in [4.69, 9.17) is 9.84 Å². The fourth-order valence-corrected chi connectivity index (χ4v) is 2.87. The van der Waals surface area contributed by atoms with Crippen LogP contribution in [0, 0.1) is 0 Å². The summed E-state index contributed by atoms with van der Waals surface area (Å²) in [7, 11) is 1.64. The molecule has 0 radical (unpaired) electrons. The predicted molar refractivity (Wildman–Crippen MR) is 87.3 cm³/mol. The largest absolute Gasteiger partial charge is 0.497 e. The van der Waals surface area contributed by atoms with Crippen LogP contribution in [0.4, 0.5) is 0 Å². The van der Waals surface area contributed by atoms with Gasteiger partial charge in [-0.25, -0.2) is 4.98 Å². The summed E-state index contributed by atoms with van der Waals surface area (Å²) in [5.74, 6) is -0.00715. The summed E-state index contributed by atoms with van der Waals surface area (Å²) in [6, 6.07) is 7.91. The molecule has 0 aliphatic carbocycles. The number of hydrogen-bond acceptors (Lipinski definition) is 5. The lowest BCUT2D eigenvalue weighted by molar-refractivity contribution is -0.138. The number of hydrogen-bond donors (Lipinski definition) is 1. The zero-order chi connectivity index (χ0) is 16.1. The lowest BCUT2D eigenvalue weighted by Crippen LogP contribution is -2.35. The second-order valence-electron chi connectivity index (χ2n) is 5.26. The number of benzene rings is 1. The number of rotatable bonds is 7. The van der Waals surface area contributed by atoms with Crippen LogP contribution in [0.15, 0.2) is 29.6 Å². The van der Waals surface area contributed by atoms with E-state index in [9.17, 15) is 4.79 Å². The zero-order valence-electron chi connectivity index (χ0n) is 12.9. The maximum Gasteiger partial charge on any atom is 0.317 e. The molecule has 1 aromatic heterocycles. The lowest BCUT2D eigenvalue weighted by Gasteiger charge is -2.23. The second-order valence-corrected chi connectivity index (χ2v) is 6.12. The first kappa shape index (κ1) is 16.5. The van der Waals surface area contributed by atoms with Gasteiger partial charge in [0.25, 0.3) is 0 Å². The first-order valence-electron chi connectivity index (χ1n) is 7.04. The van der Waals surface area contributed by atoms with Crippen LogP contribution in [-0.4, -0.2) is 40.7 Å². The molecular formula is C16H20N2O3S. The number of carboxylic acids is 1. The highest BCUT2D eigenvalue weighted by Crippen LogP contribution is 2.26. The Hall–Kier alpha value is -1.92. The summed E-state index contributed by atoms with van der Waals surface area (Å²) in [6.07, 6.45) is 0. The summed E-state index contributed by atoms with van der Waals surface area (Å²) in [4.78, 5) is 17.4. The number of thiazole rings is 1. The first-order valence-corrected chi connectivity index (χ1v) is 7.92. The van der Waals surface area contributed by atoms with Crippen molar-refractivity contribution in [1.82, 2.24) is 9.88 Å². The second kappa shape index (κ2) is 7.38. The monoisotopic (exact) mass is 320 g/mol. The molecule has 0 saturated carbocycles. The summed E-state index contributed by atoms with van der Waals surface area (Å²) in [5, 5.41) is 11.9. The Morgan fingerprint density at radius 3 is 2.59 bits per heavy atom. The van der Waals surface area contributed by atoms with Crippen molar-refractivity contribution in [3.8, 4) is 16.3 Å². The predicted octanol–water partition coefficient (Wildman–Crippen LogP) is 3.11. The van der Waals surface area contributed by atoms with Gasteiger partial charge in [0, 0.05) is 23.5 Å². The summed E-state index contributed by atoms with van der Waals surface area (Å²) < 4.78 is 5.15. The van der Waals surface area contributed by atoms with Gasteiger partial charge in [0.1, 0.15) is 10.8 Å². The molecular weight excluding hydrogens is 300 g/mol. The van der Waals surface area contributed by atoms with Gasteiger partial charge in [-0.15, -0.1) is 11.3 Å². The molecule has 5 nitrogen and oxygen atoms in total. The van der Waals surface area contributed by atoms with E-state index in [1.54, 1.807) is 18.4 Å². The van der Waals surface area contributed by atoms with Crippen LogP contribution in [-0.2, 0) is 11.3 Å².